The lowest BCUT2D eigenvalue weighted by molar-refractivity contribution is -0.131. The van der Waals surface area contributed by atoms with Gasteiger partial charge < -0.3 is 20.4 Å². The Morgan fingerprint density at radius 1 is 1.46 bits per heavy atom. The highest BCUT2D eigenvalue weighted by Gasteiger charge is 2.54. The van der Waals surface area contributed by atoms with Gasteiger partial charge in [0.1, 0.15) is 11.9 Å². The molecule has 0 bridgehead atoms. The Balaban J connectivity index is 1.37. The summed E-state index contributed by atoms with van der Waals surface area (Å²) in [6.45, 7) is 5.18. The van der Waals surface area contributed by atoms with E-state index in [1.165, 1.54) is 0 Å². The molecule has 2 atom stereocenters. The predicted molar refractivity (Wildman–Crippen MR) is 98.6 cm³/mol. The van der Waals surface area contributed by atoms with Crippen LogP contribution in [0.4, 0.5) is 5.82 Å². The maximum absolute atomic E-state index is 13.1. The summed E-state index contributed by atoms with van der Waals surface area (Å²) in [5.41, 5.74) is 0.351. The summed E-state index contributed by atoms with van der Waals surface area (Å²) >= 11 is 0. The lowest BCUT2D eigenvalue weighted by Gasteiger charge is -2.35. The number of amides is 1. The molecule has 4 rings (SSSR count). The summed E-state index contributed by atoms with van der Waals surface area (Å²) in [5, 5.41) is 16.0. The van der Waals surface area contributed by atoms with E-state index in [0.29, 0.717) is 11.5 Å². The lowest BCUT2D eigenvalue weighted by atomic mass is 9.79. The molecule has 0 spiro atoms. The van der Waals surface area contributed by atoms with Crippen molar-refractivity contribution in [3.8, 4) is 6.07 Å². The van der Waals surface area contributed by atoms with Gasteiger partial charge in [0.2, 0.25) is 5.91 Å². The molecule has 26 heavy (non-hydrogen) atoms. The van der Waals surface area contributed by atoms with Crippen LogP contribution in [-0.4, -0.2) is 68.1 Å². The molecule has 7 nitrogen and oxygen atoms in total. The van der Waals surface area contributed by atoms with Crippen LogP contribution < -0.4 is 15.5 Å². The fraction of sp³-hybridized carbons (Fsp3) is 0.632. The maximum Gasteiger partial charge on any atom is 0.229 e. The Labute approximate surface area is 154 Å². The van der Waals surface area contributed by atoms with E-state index >= 15 is 0 Å². The molecular weight excluding hydrogens is 328 g/mol. The summed E-state index contributed by atoms with van der Waals surface area (Å²) < 4.78 is 0. The summed E-state index contributed by atoms with van der Waals surface area (Å²) in [6.07, 6.45) is 3.50. The molecule has 0 aliphatic carbocycles. The number of hydrogen-bond donors (Lipinski definition) is 2. The minimum absolute atomic E-state index is 0.203. The monoisotopic (exact) mass is 354 g/mol. The lowest BCUT2D eigenvalue weighted by Crippen LogP contribution is -2.53. The molecule has 1 aromatic rings. The molecule has 1 aromatic heterocycles. The molecule has 0 aromatic carbocycles. The number of nitriles is 1. The molecule has 4 heterocycles. The van der Waals surface area contributed by atoms with Crippen LogP contribution in [0.1, 0.15) is 18.4 Å². The van der Waals surface area contributed by atoms with Crippen molar-refractivity contribution in [1.82, 2.24) is 20.5 Å². The van der Waals surface area contributed by atoms with Crippen molar-refractivity contribution >= 4 is 11.7 Å². The van der Waals surface area contributed by atoms with Crippen LogP contribution in [0, 0.1) is 22.7 Å². The smallest absolute Gasteiger partial charge is 0.229 e. The summed E-state index contributed by atoms with van der Waals surface area (Å²) in [5.74, 6) is 1.39. The van der Waals surface area contributed by atoms with Gasteiger partial charge in [0.25, 0.3) is 0 Å². The van der Waals surface area contributed by atoms with Crippen molar-refractivity contribution in [3.63, 3.8) is 0 Å². The molecule has 3 aliphatic rings. The first-order chi connectivity index (χ1) is 12.6. The molecule has 1 amide bonds. The Kier molecular flexibility index (Phi) is 4.55. The molecule has 138 valence electrons. The van der Waals surface area contributed by atoms with Crippen molar-refractivity contribution in [2.45, 2.75) is 18.9 Å². The number of carbonyl (C=O) groups is 1. The van der Waals surface area contributed by atoms with Crippen molar-refractivity contribution in [1.29, 1.82) is 5.26 Å². The predicted octanol–water partition coefficient (Wildman–Crippen LogP) is 0.189. The minimum atomic E-state index is -0.263. The molecule has 3 aliphatic heterocycles. The van der Waals surface area contributed by atoms with Crippen LogP contribution in [0.2, 0.25) is 0 Å². The zero-order valence-electron chi connectivity index (χ0n) is 15.2. The molecule has 0 unspecified atom stereocenters. The number of fused-ring (bicyclic) bond motifs is 1. The molecule has 2 N–H and O–H groups in total. The van der Waals surface area contributed by atoms with Crippen LogP contribution in [0.15, 0.2) is 18.3 Å². The first-order valence-corrected chi connectivity index (χ1v) is 9.43. The van der Waals surface area contributed by atoms with E-state index in [1.807, 2.05) is 0 Å². The first-order valence-electron chi connectivity index (χ1n) is 9.43. The van der Waals surface area contributed by atoms with E-state index in [2.05, 4.69) is 38.5 Å². The van der Waals surface area contributed by atoms with E-state index in [-0.39, 0.29) is 17.4 Å². The molecule has 7 heteroatoms. The number of piperidine rings is 1. The van der Waals surface area contributed by atoms with E-state index in [1.54, 1.807) is 18.3 Å². The second kappa shape index (κ2) is 6.86. The number of nitrogens with zero attached hydrogens (tertiary/aromatic N) is 4. The average molecular weight is 354 g/mol. The molecule has 3 saturated heterocycles. The van der Waals surface area contributed by atoms with Gasteiger partial charge in [-0.2, -0.15) is 5.26 Å². The number of rotatable bonds is 3. The van der Waals surface area contributed by atoms with Gasteiger partial charge in [0.05, 0.1) is 11.0 Å². The number of aromatic nitrogens is 1. The number of pyridine rings is 1. The second-order valence-corrected chi connectivity index (χ2v) is 7.90. The number of carbonyl (C=O) groups excluding carboxylic acids is 1. The Bertz CT molecular complexity index is 723. The van der Waals surface area contributed by atoms with Crippen molar-refractivity contribution < 1.29 is 4.79 Å². The summed E-state index contributed by atoms with van der Waals surface area (Å²) in [7, 11) is 2.10. The van der Waals surface area contributed by atoms with Crippen LogP contribution in [0.3, 0.4) is 0 Å². The van der Waals surface area contributed by atoms with E-state index in [4.69, 9.17) is 0 Å². The third kappa shape index (κ3) is 2.93. The number of likely N-dealkylation sites (tertiary alicyclic amines) is 1. The zero-order chi connectivity index (χ0) is 18.1. The van der Waals surface area contributed by atoms with Crippen molar-refractivity contribution in [2.24, 2.45) is 11.3 Å². The highest BCUT2D eigenvalue weighted by Crippen LogP contribution is 2.38. The van der Waals surface area contributed by atoms with E-state index in [9.17, 15) is 10.1 Å². The highest BCUT2D eigenvalue weighted by atomic mass is 16.2. The third-order valence-electron chi connectivity index (χ3n) is 6.19. The minimum Gasteiger partial charge on any atom is -0.355 e. The largest absolute Gasteiger partial charge is 0.355 e. The van der Waals surface area contributed by atoms with Crippen molar-refractivity contribution in [2.75, 3.05) is 51.2 Å². The third-order valence-corrected chi connectivity index (χ3v) is 6.19. The number of hydrogen-bond acceptors (Lipinski definition) is 6. The Hall–Kier alpha value is -2.17. The quantitative estimate of drug-likeness (QED) is 0.806. The fourth-order valence-corrected chi connectivity index (χ4v) is 4.79. The average Bonchev–Trinajstić information content (AvgIpc) is 3.19. The van der Waals surface area contributed by atoms with Crippen LogP contribution >= 0.6 is 0 Å². The fourth-order valence-electron chi connectivity index (χ4n) is 4.79. The summed E-state index contributed by atoms with van der Waals surface area (Å²) in [4.78, 5) is 21.9. The van der Waals surface area contributed by atoms with Crippen LogP contribution in [-0.2, 0) is 4.79 Å². The summed E-state index contributed by atoms with van der Waals surface area (Å²) in [6, 6.07) is 6.02. The molecule has 3 fully saturated rings. The van der Waals surface area contributed by atoms with Crippen LogP contribution in [0.5, 0.6) is 0 Å². The van der Waals surface area contributed by atoms with E-state index < -0.39 is 0 Å². The van der Waals surface area contributed by atoms with Gasteiger partial charge in [-0.05, 0) is 32.0 Å². The molecule has 0 radical (unpaired) electrons. The normalized spacial score (nSPS) is 29.4. The van der Waals surface area contributed by atoms with Gasteiger partial charge in [0, 0.05) is 57.4 Å². The van der Waals surface area contributed by atoms with Crippen molar-refractivity contribution in [3.05, 3.63) is 23.9 Å². The zero-order valence-corrected chi connectivity index (χ0v) is 15.2. The molecule has 0 saturated carbocycles. The van der Waals surface area contributed by atoms with Gasteiger partial charge in [-0.15, -0.1) is 0 Å². The topological polar surface area (TPSA) is 84.3 Å². The number of anilines is 1. The van der Waals surface area contributed by atoms with Gasteiger partial charge in [-0.1, -0.05) is 0 Å². The van der Waals surface area contributed by atoms with Gasteiger partial charge in [-0.3, -0.25) is 4.79 Å². The maximum atomic E-state index is 13.1. The van der Waals surface area contributed by atoms with Gasteiger partial charge in [0.15, 0.2) is 0 Å². The Morgan fingerprint density at radius 2 is 2.27 bits per heavy atom. The number of nitrogens with one attached hydrogen (secondary N) is 2. The van der Waals surface area contributed by atoms with E-state index in [0.717, 1.165) is 57.9 Å². The van der Waals surface area contributed by atoms with Gasteiger partial charge >= 0.3 is 0 Å². The Morgan fingerprint density at radius 3 is 3.04 bits per heavy atom. The first kappa shape index (κ1) is 17.3. The van der Waals surface area contributed by atoms with Gasteiger partial charge in [-0.25, -0.2) is 4.98 Å². The SMILES string of the molecule is CN1C[C@H]2CNC[C@@]2(C(=O)NC2CCN(c3ncccc3C#N)CC2)C1. The second-order valence-electron chi connectivity index (χ2n) is 7.90. The highest BCUT2D eigenvalue weighted by molar-refractivity contribution is 5.84. The molecular formula is C19H26N6O. The van der Waals surface area contributed by atoms with Crippen LogP contribution in [0.25, 0.3) is 0 Å². The standard InChI is InChI=1S/C19H26N6O/c1-24-11-15-10-21-12-19(15,13-24)18(26)23-16-4-7-25(8-5-16)17-14(9-20)3-2-6-22-17/h2-3,6,15-16,21H,4-5,7-8,10-13H2,1H3,(H,23,26)/t15-,19-/m1/s1.